The molecule has 0 atom stereocenters. The molecule has 6 nitrogen and oxygen atoms in total. The second-order valence-corrected chi connectivity index (χ2v) is 5.49. The van der Waals surface area contributed by atoms with E-state index in [0.29, 0.717) is 16.8 Å². The summed E-state index contributed by atoms with van der Waals surface area (Å²) in [6, 6.07) is 1.59. The highest BCUT2D eigenvalue weighted by Gasteiger charge is 2.15. The van der Waals surface area contributed by atoms with Crippen LogP contribution in [0.2, 0.25) is 0 Å². The van der Waals surface area contributed by atoms with Gasteiger partial charge in [0.25, 0.3) is 0 Å². The van der Waals surface area contributed by atoms with Crippen molar-refractivity contribution in [3.05, 3.63) is 21.8 Å². The fraction of sp³-hybridized carbons (Fsp3) is 0.538. The van der Waals surface area contributed by atoms with Gasteiger partial charge in [-0.3, -0.25) is 4.90 Å². The number of nitrogens with zero attached hydrogens (tertiary/aromatic N) is 2. The molecule has 1 aliphatic rings. The zero-order valence-electron chi connectivity index (χ0n) is 11.4. The SMILES string of the molecule is Cc1nc(NCCN2CCOCC2)c(C(=O)O)cc1Br. The van der Waals surface area contributed by atoms with Gasteiger partial charge in [0.2, 0.25) is 0 Å². The lowest BCUT2D eigenvalue weighted by Crippen LogP contribution is -2.39. The van der Waals surface area contributed by atoms with Crippen molar-refractivity contribution >= 4 is 27.7 Å². The van der Waals surface area contributed by atoms with Gasteiger partial charge in [-0.1, -0.05) is 0 Å². The quantitative estimate of drug-likeness (QED) is 0.845. The molecule has 0 bridgehead atoms. The van der Waals surface area contributed by atoms with E-state index >= 15 is 0 Å². The van der Waals surface area contributed by atoms with Crippen LogP contribution in [0.4, 0.5) is 5.82 Å². The number of hydrogen-bond acceptors (Lipinski definition) is 5. The molecule has 1 saturated heterocycles. The summed E-state index contributed by atoms with van der Waals surface area (Å²) < 4.78 is 5.99. The standard InChI is InChI=1S/C13H18BrN3O3/c1-9-11(14)8-10(13(18)19)12(16-9)15-2-3-17-4-6-20-7-5-17/h8H,2-7H2,1H3,(H,15,16)(H,18,19). The summed E-state index contributed by atoms with van der Waals surface area (Å²) in [5.41, 5.74) is 0.952. The number of anilines is 1. The summed E-state index contributed by atoms with van der Waals surface area (Å²) in [5.74, 6) is -0.557. The Kier molecular flexibility index (Phi) is 5.33. The van der Waals surface area contributed by atoms with Crippen molar-refractivity contribution in [1.29, 1.82) is 0 Å². The van der Waals surface area contributed by atoms with Crippen molar-refractivity contribution in [3.8, 4) is 0 Å². The van der Waals surface area contributed by atoms with Crippen LogP contribution in [0.1, 0.15) is 16.1 Å². The topological polar surface area (TPSA) is 74.7 Å². The summed E-state index contributed by atoms with van der Waals surface area (Å²) in [5, 5.41) is 12.3. The number of carboxylic acids is 1. The maximum atomic E-state index is 11.2. The predicted molar refractivity (Wildman–Crippen MR) is 79.4 cm³/mol. The highest BCUT2D eigenvalue weighted by Crippen LogP contribution is 2.21. The van der Waals surface area contributed by atoms with E-state index < -0.39 is 5.97 Å². The van der Waals surface area contributed by atoms with E-state index in [2.05, 4.69) is 31.1 Å². The van der Waals surface area contributed by atoms with Gasteiger partial charge in [-0.2, -0.15) is 0 Å². The van der Waals surface area contributed by atoms with Crippen molar-refractivity contribution in [2.24, 2.45) is 0 Å². The Hall–Kier alpha value is -1.18. The number of halogens is 1. The number of nitrogens with one attached hydrogen (secondary N) is 1. The van der Waals surface area contributed by atoms with Gasteiger partial charge >= 0.3 is 5.97 Å². The van der Waals surface area contributed by atoms with Gasteiger partial charge in [0, 0.05) is 30.7 Å². The Balaban J connectivity index is 1.97. The van der Waals surface area contributed by atoms with Gasteiger partial charge in [-0.15, -0.1) is 0 Å². The maximum Gasteiger partial charge on any atom is 0.339 e. The molecule has 2 heterocycles. The molecule has 0 unspecified atom stereocenters. The zero-order valence-corrected chi connectivity index (χ0v) is 12.9. The van der Waals surface area contributed by atoms with Crippen LogP contribution in [0.25, 0.3) is 0 Å². The first-order chi connectivity index (χ1) is 9.58. The summed E-state index contributed by atoms with van der Waals surface area (Å²) in [4.78, 5) is 17.8. The average Bonchev–Trinajstić information content (AvgIpc) is 2.43. The molecule has 0 spiro atoms. The Morgan fingerprint density at radius 3 is 2.90 bits per heavy atom. The van der Waals surface area contributed by atoms with Gasteiger partial charge in [0.05, 0.1) is 18.9 Å². The second-order valence-electron chi connectivity index (χ2n) is 4.64. The number of ether oxygens (including phenoxy) is 1. The first kappa shape index (κ1) is 15.2. The van der Waals surface area contributed by atoms with Crippen molar-refractivity contribution in [1.82, 2.24) is 9.88 Å². The van der Waals surface area contributed by atoms with Crippen molar-refractivity contribution in [2.75, 3.05) is 44.7 Å². The van der Waals surface area contributed by atoms with Crippen LogP contribution in [0.3, 0.4) is 0 Å². The van der Waals surface area contributed by atoms with E-state index in [1.165, 1.54) is 0 Å². The molecular weight excluding hydrogens is 326 g/mol. The third-order valence-corrected chi connectivity index (χ3v) is 4.01. The predicted octanol–water partition coefficient (Wildman–Crippen LogP) is 1.59. The van der Waals surface area contributed by atoms with Gasteiger partial charge in [0.15, 0.2) is 0 Å². The molecule has 1 aliphatic heterocycles. The van der Waals surface area contributed by atoms with E-state index in [1.54, 1.807) is 6.07 Å². The van der Waals surface area contributed by atoms with Crippen molar-refractivity contribution in [2.45, 2.75) is 6.92 Å². The number of rotatable bonds is 5. The molecule has 0 aromatic carbocycles. The fourth-order valence-electron chi connectivity index (χ4n) is 2.04. The minimum Gasteiger partial charge on any atom is -0.478 e. The van der Waals surface area contributed by atoms with Crippen LogP contribution < -0.4 is 5.32 Å². The van der Waals surface area contributed by atoms with E-state index in [-0.39, 0.29) is 5.56 Å². The normalized spacial score (nSPS) is 16.1. The minimum absolute atomic E-state index is 0.185. The van der Waals surface area contributed by atoms with Crippen LogP contribution in [0.15, 0.2) is 10.5 Å². The number of hydrogen-bond donors (Lipinski definition) is 2. The van der Waals surface area contributed by atoms with Crippen LogP contribution in [-0.4, -0.2) is 60.4 Å². The Morgan fingerprint density at radius 1 is 1.55 bits per heavy atom. The molecule has 1 fully saturated rings. The number of aryl methyl sites for hydroxylation is 1. The summed E-state index contributed by atoms with van der Waals surface area (Å²) in [7, 11) is 0. The summed E-state index contributed by atoms with van der Waals surface area (Å²) >= 11 is 3.30. The number of carboxylic acid groups (broad SMARTS) is 1. The fourth-order valence-corrected chi connectivity index (χ4v) is 2.35. The molecule has 20 heavy (non-hydrogen) atoms. The summed E-state index contributed by atoms with van der Waals surface area (Å²) in [6.45, 7) is 6.70. The van der Waals surface area contributed by atoms with E-state index in [1.807, 2.05) is 6.92 Å². The molecular formula is C13H18BrN3O3. The molecule has 0 amide bonds. The van der Waals surface area contributed by atoms with Gasteiger partial charge < -0.3 is 15.2 Å². The van der Waals surface area contributed by atoms with Gasteiger partial charge in [-0.25, -0.2) is 9.78 Å². The number of morpholine rings is 1. The Bertz CT molecular complexity index is 490. The minimum atomic E-state index is -0.980. The number of carbonyl (C=O) groups is 1. The van der Waals surface area contributed by atoms with E-state index in [0.717, 1.165) is 38.5 Å². The van der Waals surface area contributed by atoms with Crippen LogP contribution in [0.5, 0.6) is 0 Å². The highest BCUT2D eigenvalue weighted by molar-refractivity contribution is 9.10. The van der Waals surface area contributed by atoms with Crippen molar-refractivity contribution < 1.29 is 14.6 Å². The van der Waals surface area contributed by atoms with Gasteiger partial charge in [-0.05, 0) is 28.9 Å². The third kappa shape index (κ3) is 3.91. The molecule has 0 radical (unpaired) electrons. The highest BCUT2D eigenvalue weighted by atomic mass is 79.9. The van der Waals surface area contributed by atoms with Crippen molar-refractivity contribution in [3.63, 3.8) is 0 Å². The lowest BCUT2D eigenvalue weighted by Gasteiger charge is -2.26. The molecule has 0 saturated carbocycles. The lowest BCUT2D eigenvalue weighted by molar-refractivity contribution is 0.0398. The van der Waals surface area contributed by atoms with Crippen LogP contribution >= 0.6 is 15.9 Å². The molecule has 0 aliphatic carbocycles. The number of aromatic nitrogens is 1. The number of aromatic carboxylic acids is 1. The Labute approximate surface area is 126 Å². The summed E-state index contributed by atoms with van der Waals surface area (Å²) in [6.07, 6.45) is 0. The largest absolute Gasteiger partial charge is 0.478 e. The molecule has 2 N–H and O–H groups in total. The van der Waals surface area contributed by atoms with E-state index in [4.69, 9.17) is 4.74 Å². The van der Waals surface area contributed by atoms with E-state index in [9.17, 15) is 9.90 Å². The average molecular weight is 344 g/mol. The van der Waals surface area contributed by atoms with Crippen LogP contribution in [-0.2, 0) is 4.74 Å². The third-order valence-electron chi connectivity index (χ3n) is 3.21. The second kappa shape index (κ2) is 7.01. The first-order valence-electron chi connectivity index (χ1n) is 6.52. The lowest BCUT2D eigenvalue weighted by atomic mass is 10.2. The monoisotopic (exact) mass is 343 g/mol. The zero-order chi connectivity index (χ0) is 14.5. The molecule has 2 rings (SSSR count). The molecule has 1 aromatic rings. The maximum absolute atomic E-state index is 11.2. The number of pyridine rings is 1. The van der Waals surface area contributed by atoms with Crippen LogP contribution in [0, 0.1) is 6.92 Å². The first-order valence-corrected chi connectivity index (χ1v) is 7.31. The smallest absolute Gasteiger partial charge is 0.339 e. The Morgan fingerprint density at radius 2 is 2.25 bits per heavy atom. The molecule has 1 aromatic heterocycles. The molecule has 110 valence electrons. The van der Waals surface area contributed by atoms with Gasteiger partial charge in [0.1, 0.15) is 11.4 Å². The molecule has 7 heteroatoms.